The third-order valence-corrected chi connectivity index (χ3v) is 3.72. The molecular weight excluding hydrogens is 320 g/mol. The quantitative estimate of drug-likeness (QED) is 0.677. The maximum Gasteiger partial charge on any atom is 0.359 e. The largest absolute Gasteiger partial charge is 0.448 e. The van der Waals surface area contributed by atoms with Crippen LogP contribution in [0.25, 0.3) is 5.69 Å². The van der Waals surface area contributed by atoms with E-state index in [9.17, 15) is 4.79 Å². The summed E-state index contributed by atoms with van der Waals surface area (Å²) in [5.74, 6) is 0.152. The van der Waals surface area contributed by atoms with Crippen LogP contribution in [0.2, 0.25) is 0 Å². The van der Waals surface area contributed by atoms with E-state index in [4.69, 9.17) is 9.15 Å². The van der Waals surface area contributed by atoms with Gasteiger partial charge in [-0.2, -0.15) is 5.10 Å². The summed E-state index contributed by atoms with van der Waals surface area (Å²) >= 11 is 0. The predicted molar refractivity (Wildman–Crippen MR) is 90.6 cm³/mol. The number of carbonyl (C=O) groups excluding carboxylic acids is 1. The maximum atomic E-state index is 12.4. The highest BCUT2D eigenvalue weighted by atomic mass is 16.6. The highest BCUT2D eigenvalue weighted by molar-refractivity contribution is 5.87. The molecule has 7 heteroatoms. The molecule has 0 fully saturated rings. The Morgan fingerprint density at radius 2 is 1.76 bits per heavy atom. The molecule has 0 aliphatic rings. The lowest BCUT2D eigenvalue weighted by Gasteiger charge is -2.08. The zero-order valence-electron chi connectivity index (χ0n) is 14.9. The zero-order valence-corrected chi connectivity index (χ0v) is 14.9. The van der Waals surface area contributed by atoms with Gasteiger partial charge in [0.15, 0.2) is 11.8 Å². The van der Waals surface area contributed by atoms with Crippen LogP contribution in [0.15, 0.2) is 28.7 Å². The predicted octanol–water partition coefficient (Wildman–Crippen LogP) is 3.41. The second kappa shape index (κ2) is 6.51. The molecule has 0 spiro atoms. The normalized spacial score (nSPS) is 12.2. The fourth-order valence-electron chi connectivity index (χ4n) is 2.66. The molecule has 7 nitrogen and oxygen atoms in total. The van der Waals surface area contributed by atoms with Gasteiger partial charge in [-0.15, -0.1) is 10.2 Å². The summed E-state index contributed by atoms with van der Waals surface area (Å²) in [5, 5.41) is 12.0. The Morgan fingerprint density at radius 3 is 2.36 bits per heavy atom. The monoisotopic (exact) mass is 340 g/mol. The van der Waals surface area contributed by atoms with E-state index in [-0.39, 0.29) is 11.6 Å². The Morgan fingerprint density at radius 1 is 1.08 bits per heavy atom. The third-order valence-electron chi connectivity index (χ3n) is 3.72. The minimum absolute atomic E-state index is 0.236. The molecule has 0 amide bonds. The average molecular weight is 340 g/mol. The number of ether oxygens (including phenoxy) is 1. The van der Waals surface area contributed by atoms with Crippen LogP contribution in [0.1, 0.15) is 52.1 Å². The molecule has 1 aromatic carbocycles. The summed E-state index contributed by atoms with van der Waals surface area (Å²) in [5.41, 5.74) is 4.26. The lowest BCUT2D eigenvalue weighted by molar-refractivity contribution is 0.0269. The number of aryl methyl sites for hydroxylation is 4. The van der Waals surface area contributed by atoms with Gasteiger partial charge in [0.1, 0.15) is 0 Å². The summed E-state index contributed by atoms with van der Waals surface area (Å²) in [4.78, 5) is 12.4. The van der Waals surface area contributed by atoms with Crippen molar-refractivity contribution in [3.63, 3.8) is 0 Å². The molecule has 0 bridgehead atoms. The number of benzene rings is 1. The molecule has 0 N–H and O–H groups in total. The van der Waals surface area contributed by atoms with Crippen molar-refractivity contribution >= 4 is 5.97 Å². The molecule has 25 heavy (non-hydrogen) atoms. The lowest BCUT2D eigenvalue weighted by Crippen LogP contribution is -2.11. The molecule has 1 atom stereocenters. The molecule has 0 aliphatic carbocycles. The second-order valence-electron chi connectivity index (χ2n) is 6.14. The van der Waals surface area contributed by atoms with Crippen molar-refractivity contribution in [3.05, 3.63) is 58.6 Å². The van der Waals surface area contributed by atoms with E-state index in [2.05, 4.69) is 21.4 Å². The third kappa shape index (κ3) is 3.60. The lowest BCUT2D eigenvalue weighted by atomic mass is 10.1. The van der Waals surface area contributed by atoms with Gasteiger partial charge < -0.3 is 9.15 Å². The van der Waals surface area contributed by atoms with Crippen molar-refractivity contribution in [1.82, 2.24) is 20.0 Å². The van der Waals surface area contributed by atoms with E-state index in [1.165, 1.54) is 0 Å². The van der Waals surface area contributed by atoms with Crippen LogP contribution in [0.5, 0.6) is 0 Å². The fraction of sp³-hybridized carbons (Fsp3) is 0.333. The highest BCUT2D eigenvalue weighted by Crippen LogP contribution is 2.19. The number of esters is 1. The van der Waals surface area contributed by atoms with Crippen LogP contribution in [-0.2, 0) is 4.74 Å². The summed E-state index contributed by atoms with van der Waals surface area (Å²) in [6.07, 6.45) is -0.639. The van der Waals surface area contributed by atoms with Crippen LogP contribution in [0.3, 0.4) is 0 Å². The van der Waals surface area contributed by atoms with Gasteiger partial charge in [0.2, 0.25) is 5.89 Å². The molecule has 3 aromatic rings. The fourth-order valence-corrected chi connectivity index (χ4v) is 2.66. The Bertz CT molecular complexity index is 906. The van der Waals surface area contributed by atoms with Gasteiger partial charge in [0.25, 0.3) is 5.89 Å². The van der Waals surface area contributed by atoms with Gasteiger partial charge in [-0.05, 0) is 57.0 Å². The smallest absolute Gasteiger partial charge is 0.359 e. The molecule has 0 saturated carbocycles. The number of rotatable bonds is 4. The van der Waals surface area contributed by atoms with Crippen molar-refractivity contribution in [3.8, 4) is 5.69 Å². The van der Waals surface area contributed by atoms with E-state index in [0.717, 1.165) is 22.5 Å². The molecular formula is C18H20N4O3. The first-order valence-electron chi connectivity index (χ1n) is 8.00. The van der Waals surface area contributed by atoms with Crippen molar-refractivity contribution in [2.75, 3.05) is 0 Å². The molecule has 0 aliphatic heterocycles. The SMILES string of the molecule is Cc1cc(C)cc(-n2nc(C(=O)OC(C)c3nnc(C)o3)cc2C)c1. The maximum absolute atomic E-state index is 12.4. The van der Waals surface area contributed by atoms with Gasteiger partial charge in [-0.1, -0.05) is 6.07 Å². The van der Waals surface area contributed by atoms with Gasteiger partial charge >= 0.3 is 5.97 Å². The first kappa shape index (κ1) is 16.9. The van der Waals surface area contributed by atoms with Crippen LogP contribution in [-0.4, -0.2) is 25.9 Å². The van der Waals surface area contributed by atoms with Gasteiger partial charge in [-0.3, -0.25) is 0 Å². The van der Waals surface area contributed by atoms with Gasteiger partial charge in [0, 0.05) is 12.6 Å². The Labute approximate surface area is 145 Å². The first-order valence-corrected chi connectivity index (χ1v) is 8.00. The minimum Gasteiger partial charge on any atom is -0.448 e. The first-order chi connectivity index (χ1) is 11.8. The van der Waals surface area contributed by atoms with Crippen LogP contribution >= 0.6 is 0 Å². The molecule has 2 heterocycles. The van der Waals surface area contributed by atoms with Crippen molar-refractivity contribution in [1.29, 1.82) is 0 Å². The molecule has 0 radical (unpaired) electrons. The Hall–Kier alpha value is -2.96. The number of hydrogen-bond acceptors (Lipinski definition) is 6. The zero-order chi connectivity index (χ0) is 18.1. The van der Waals surface area contributed by atoms with E-state index in [1.807, 2.05) is 32.9 Å². The standard InChI is InChI=1S/C18H20N4O3/c1-10-6-11(2)8-15(7-10)22-12(3)9-16(21-22)18(23)24-13(4)17-20-19-14(5)25-17/h6-9,13H,1-5H3. The summed E-state index contributed by atoms with van der Waals surface area (Å²) in [6, 6.07) is 7.83. The van der Waals surface area contributed by atoms with E-state index in [0.29, 0.717) is 5.89 Å². The molecule has 0 saturated heterocycles. The molecule has 2 aromatic heterocycles. The van der Waals surface area contributed by atoms with Crippen molar-refractivity contribution in [2.24, 2.45) is 0 Å². The molecule has 130 valence electrons. The van der Waals surface area contributed by atoms with Crippen LogP contribution in [0, 0.1) is 27.7 Å². The Kier molecular flexibility index (Phi) is 4.39. The summed E-state index contributed by atoms with van der Waals surface area (Å²) in [7, 11) is 0. The van der Waals surface area contributed by atoms with Gasteiger partial charge in [-0.25, -0.2) is 9.48 Å². The summed E-state index contributed by atoms with van der Waals surface area (Å²) < 4.78 is 12.4. The second-order valence-corrected chi connectivity index (χ2v) is 6.14. The topological polar surface area (TPSA) is 83.0 Å². The molecule has 1 unspecified atom stereocenters. The number of hydrogen-bond donors (Lipinski definition) is 0. The van der Waals surface area contributed by atoms with E-state index in [1.54, 1.807) is 24.6 Å². The van der Waals surface area contributed by atoms with Crippen molar-refractivity contribution < 1.29 is 13.9 Å². The molecule has 3 rings (SSSR count). The minimum atomic E-state index is -0.639. The Balaban J connectivity index is 1.83. The average Bonchev–Trinajstić information content (AvgIpc) is 3.12. The van der Waals surface area contributed by atoms with Crippen LogP contribution in [0.4, 0.5) is 0 Å². The number of carbonyl (C=O) groups is 1. The van der Waals surface area contributed by atoms with Crippen LogP contribution < -0.4 is 0 Å². The van der Waals surface area contributed by atoms with E-state index < -0.39 is 12.1 Å². The van der Waals surface area contributed by atoms with E-state index >= 15 is 0 Å². The van der Waals surface area contributed by atoms with Gasteiger partial charge in [0.05, 0.1) is 5.69 Å². The highest BCUT2D eigenvalue weighted by Gasteiger charge is 2.21. The van der Waals surface area contributed by atoms with Crippen molar-refractivity contribution in [2.45, 2.75) is 40.7 Å². The number of aromatic nitrogens is 4. The number of nitrogens with zero attached hydrogens (tertiary/aromatic N) is 4. The summed E-state index contributed by atoms with van der Waals surface area (Å²) in [6.45, 7) is 9.31.